The third-order valence-corrected chi connectivity index (χ3v) is 2.76. The third kappa shape index (κ3) is 2.69. The van der Waals surface area contributed by atoms with Crippen molar-refractivity contribution in [1.29, 1.82) is 0 Å². The van der Waals surface area contributed by atoms with Gasteiger partial charge < -0.3 is 19.5 Å². The van der Waals surface area contributed by atoms with Gasteiger partial charge in [0.2, 0.25) is 5.82 Å². The fourth-order valence-corrected chi connectivity index (χ4v) is 1.84. The Hall–Kier alpha value is -2.90. The lowest BCUT2D eigenvalue weighted by Gasteiger charge is -2.02. The van der Waals surface area contributed by atoms with Gasteiger partial charge >= 0.3 is 5.97 Å². The van der Waals surface area contributed by atoms with Crippen LogP contribution in [0.1, 0.15) is 23.3 Å². The standard InChI is InChI=1S/C13H13N5O3/c1-2-20-13(19)12-17-9-10(15-7-16-11(9)18-12)14-6-8-4-3-5-21-8/h3-5,7H,2,6H2,1H3,(H2,14,15,16,17,18). The Balaban J connectivity index is 1.86. The van der Waals surface area contributed by atoms with Crippen LogP contribution >= 0.6 is 0 Å². The first kappa shape index (κ1) is 13.1. The second kappa shape index (κ2) is 5.61. The number of aromatic amines is 1. The Morgan fingerprint density at radius 2 is 2.38 bits per heavy atom. The number of rotatable bonds is 5. The average Bonchev–Trinajstić information content (AvgIpc) is 3.14. The Morgan fingerprint density at radius 1 is 1.48 bits per heavy atom. The number of hydrogen-bond donors (Lipinski definition) is 2. The van der Waals surface area contributed by atoms with E-state index >= 15 is 0 Å². The maximum atomic E-state index is 11.7. The van der Waals surface area contributed by atoms with E-state index in [1.54, 1.807) is 19.3 Å². The van der Waals surface area contributed by atoms with Crippen molar-refractivity contribution >= 4 is 23.0 Å². The number of furan rings is 1. The Bertz CT molecular complexity index is 750. The van der Waals surface area contributed by atoms with Crippen LogP contribution in [-0.2, 0) is 11.3 Å². The Morgan fingerprint density at radius 3 is 3.14 bits per heavy atom. The summed E-state index contributed by atoms with van der Waals surface area (Å²) >= 11 is 0. The minimum Gasteiger partial charge on any atom is -0.467 e. The number of nitrogens with zero attached hydrogens (tertiary/aromatic N) is 3. The highest BCUT2D eigenvalue weighted by molar-refractivity contribution is 5.92. The van der Waals surface area contributed by atoms with Gasteiger partial charge in [-0.15, -0.1) is 0 Å². The molecule has 8 heteroatoms. The van der Waals surface area contributed by atoms with Crippen LogP contribution in [0.4, 0.5) is 5.82 Å². The van der Waals surface area contributed by atoms with Crippen LogP contribution in [-0.4, -0.2) is 32.5 Å². The number of carbonyl (C=O) groups excluding carboxylic acids is 1. The summed E-state index contributed by atoms with van der Waals surface area (Å²) in [7, 11) is 0. The molecule has 0 bridgehead atoms. The van der Waals surface area contributed by atoms with Gasteiger partial charge in [0, 0.05) is 0 Å². The van der Waals surface area contributed by atoms with E-state index in [4.69, 9.17) is 9.15 Å². The van der Waals surface area contributed by atoms with Crippen LogP contribution in [0.3, 0.4) is 0 Å². The number of ether oxygens (including phenoxy) is 1. The highest BCUT2D eigenvalue weighted by atomic mass is 16.5. The topological polar surface area (TPSA) is 106 Å². The van der Waals surface area contributed by atoms with Crippen LogP contribution in [0.25, 0.3) is 11.2 Å². The predicted molar refractivity (Wildman–Crippen MR) is 73.7 cm³/mol. The summed E-state index contributed by atoms with van der Waals surface area (Å²) in [5.41, 5.74) is 0.946. The Labute approximate surface area is 119 Å². The summed E-state index contributed by atoms with van der Waals surface area (Å²) in [4.78, 5) is 26.8. The number of anilines is 1. The largest absolute Gasteiger partial charge is 0.467 e. The number of nitrogens with one attached hydrogen (secondary N) is 2. The molecule has 108 valence electrons. The van der Waals surface area contributed by atoms with Crippen molar-refractivity contribution in [3.05, 3.63) is 36.3 Å². The van der Waals surface area contributed by atoms with E-state index in [0.29, 0.717) is 23.5 Å². The lowest BCUT2D eigenvalue weighted by molar-refractivity contribution is 0.0513. The smallest absolute Gasteiger partial charge is 0.374 e. The van der Waals surface area contributed by atoms with Crippen LogP contribution in [0.15, 0.2) is 29.1 Å². The van der Waals surface area contributed by atoms with Gasteiger partial charge in [0.25, 0.3) is 0 Å². The first-order valence-corrected chi connectivity index (χ1v) is 6.42. The molecule has 0 aromatic carbocycles. The van der Waals surface area contributed by atoms with Gasteiger partial charge in [-0.1, -0.05) is 0 Å². The molecule has 0 unspecified atom stereocenters. The maximum Gasteiger partial charge on any atom is 0.374 e. The summed E-state index contributed by atoms with van der Waals surface area (Å²) in [6.45, 7) is 2.47. The van der Waals surface area contributed by atoms with Crippen molar-refractivity contribution in [2.75, 3.05) is 11.9 Å². The summed E-state index contributed by atoms with van der Waals surface area (Å²) in [6, 6.07) is 3.65. The van der Waals surface area contributed by atoms with Crippen molar-refractivity contribution in [2.24, 2.45) is 0 Å². The van der Waals surface area contributed by atoms with Crippen molar-refractivity contribution in [3.8, 4) is 0 Å². The monoisotopic (exact) mass is 287 g/mol. The number of fused-ring (bicyclic) bond motifs is 1. The van der Waals surface area contributed by atoms with Gasteiger partial charge in [0.1, 0.15) is 12.1 Å². The van der Waals surface area contributed by atoms with Crippen LogP contribution < -0.4 is 5.32 Å². The molecule has 0 spiro atoms. The van der Waals surface area contributed by atoms with Crippen molar-refractivity contribution in [1.82, 2.24) is 19.9 Å². The molecular weight excluding hydrogens is 274 g/mol. The number of hydrogen-bond acceptors (Lipinski definition) is 7. The molecule has 2 N–H and O–H groups in total. The second-order valence-corrected chi connectivity index (χ2v) is 4.16. The van der Waals surface area contributed by atoms with Crippen LogP contribution in [0.5, 0.6) is 0 Å². The fraction of sp³-hybridized carbons (Fsp3) is 0.231. The zero-order chi connectivity index (χ0) is 14.7. The molecule has 0 amide bonds. The van der Waals surface area contributed by atoms with Crippen LogP contribution in [0.2, 0.25) is 0 Å². The normalized spacial score (nSPS) is 10.7. The summed E-state index contributed by atoms with van der Waals surface area (Å²) in [5, 5.41) is 3.09. The summed E-state index contributed by atoms with van der Waals surface area (Å²) in [5.74, 6) is 0.868. The lowest BCUT2D eigenvalue weighted by atomic mass is 10.4. The van der Waals surface area contributed by atoms with E-state index < -0.39 is 5.97 Å². The molecule has 0 saturated carbocycles. The number of H-pyrrole nitrogens is 1. The number of aromatic nitrogens is 4. The highest BCUT2D eigenvalue weighted by Crippen LogP contribution is 2.17. The van der Waals surface area contributed by atoms with E-state index in [-0.39, 0.29) is 12.4 Å². The average molecular weight is 287 g/mol. The summed E-state index contributed by atoms with van der Waals surface area (Å²) in [6.07, 6.45) is 2.99. The number of esters is 1. The molecule has 21 heavy (non-hydrogen) atoms. The second-order valence-electron chi connectivity index (χ2n) is 4.16. The molecule has 0 fully saturated rings. The zero-order valence-corrected chi connectivity index (χ0v) is 11.3. The van der Waals surface area contributed by atoms with Gasteiger partial charge in [-0.05, 0) is 19.1 Å². The van der Waals surface area contributed by atoms with Gasteiger partial charge in [0.15, 0.2) is 17.0 Å². The first-order chi connectivity index (χ1) is 10.3. The molecule has 3 rings (SSSR count). The molecule has 3 aromatic heterocycles. The number of imidazole rings is 1. The van der Waals surface area contributed by atoms with Crippen LogP contribution in [0, 0.1) is 0 Å². The molecule has 0 aliphatic heterocycles. The van der Waals surface area contributed by atoms with Crippen molar-refractivity contribution in [2.45, 2.75) is 13.5 Å². The molecular formula is C13H13N5O3. The molecule has 0 aliphatic carbocycles. The number of carbonyl (C=O) groups is 1. The van der Waals surface area contributed by atoms with E-state index in [2.05, 4.69) is 25.3 Å². The molecule has 0 atom stereocenters. The first-order valence-electron chi connectivity index (χ1n) is 6.42. The molecule has 3 heterocycles. The fourth-order valence-electron chi connectivity index (χ4n) is 1.84. The molecule has 0 aliphatic rings. The minimum absolute atomic E-state index is 0.105. The molecule has 0 radical (unpaired) electrons. The van der Waals surface area contributed by atoms with Gasteiger partial charge in [-0.25, -0.2) is 19.7 Å². The lowest BCUT2D eigenvalue weighted by Crippen LogP contribution is -2.06. The predicted octanol–water partition coefficient (Wildman–Crippen LogP) is 1.73. The minimum atomic E-state index is -0.521. The van der Waals surface area contributed by atoms with E-state index in [0.717, 1.165) is 5.76 Å². The highest BCUT2D eigenvalue weighted by Gasteiger charge is 2.16. The van der Waals surface area contributed by atoms with Gasteiger partial charge in [-0.3, -0.25) is 0 Å². The van der Waals surface area contributed by atoms with Crippen molar-refractivity contribution < 1.29 is 13.9 Å². The van der Waals surface area contributed by atoms with Gasteiger partial charge in [-0.2, -0.15) is 0 Å². The van der Waals surface area contributed by atoms with E-state index in [9.17, 15) is 4.79 Å². The summed E-state index contributed by atoms with van der Waals surface area (Å²) < 4.78 is 10.1. The third-order valence-electron chi connectivity index (χ3n) is 2.76. The quantitative estimate of drug-likeness (QED) is 0.688. The SMILES string of the molecule is CCOC(=O)c1nc2c(NCc3ccco3)ncnc2[nH]1. The molecule has 8 nitrogen and oxygen atoms in total. The molecule has 0 saturated heterocycles. The zero-order valence-electron chi connectivity index (χ0n) is 11.3. The van der Waals surface area contributed by atoms with E-state index in [1.165, 1.54) is 6.33 Å². The molecule has 3 aromatic rings. The maximum absolute atomic E-state index is 11.7. The Kier molecular flexibility index (Phi) is 3.50. The van der Waals surface area contributed by atoms with E-state index in [1.807, 2.05) is 6.07 Å². The van der Waals surface area contributed by atoms with Crippen molar-refractivity contribution in [3.63, 3.8) is 0 Å². The van der Waals surface area contributed by atoms with Gasteiger partial charge in [0.05, 0.1) is 19.4 Å².